The summed E-state index contributed by atoms with van der Waals surface area (Å²) in [5.74, 6) is 1.36. The predicted octanol–water partition coefficient (Wildman–Crippen LogP) is 3.21. The van der Waals surface area contributed by atoms with E-state index in [1.54, 1.807) is 0 Å². The van der Waals surface area contributed by atoms with Crippen LogP contribution < -0.4 is 10.6 Å². The highest BCUT2D eigenvalue weighted by Crippen LogP contribution is 2.16. The topological polar surface area (TPSA) is 24.1 Å². The summed E-state index contributed by atoms with van der Waals surface area (Å²) in [6.45, 7) is 11.0. The summed E-state index contributed by atoms with van der Waals surface area (Å²) in [5.41, 5.74) is 3.94. The molecule has 96 valence electrons. The first-order valence-electron chi connectivity index (χ1n) is 6.50. The molecule has 0 saturated carbocycles. The van der Waals surface area contributed by atoms with Crippen molar-refractivity contribution in [2.75, 3.05) is 25.5 Å². The van der Waals surface area contributed by atoms with Crippen LogP contribution in [0, 0.1) is 25.7 Å². The van der Waals surface area contributed by atoms with E-state index in [0.29, 0.717) is 11.8 Å². The highest BCUT2D eigenvalue weighted by molar-refractivity contribution is 5.48. The Morgan fingerprint density at radius 1 is 1.06 bits per heavy atom. The molecule has 0 aromatic heterocycles. The third-order valence-corrected chi connectivity index (χ3v) is 3.48. The molecule has 0 radical (unpaired) electrons. The van der Waals surface area contributed by atoms with Crippen molar-refractivity contribution in [1.29, 1.82) is 0 Å². The summed E-state index contributed by atoms with van der Waals surface area (Å²) in [6.07, 6.45) is 0. The van der Waals surface area contributed by atoms with Crippen molar-refractivity contribution in [3.63, 3.8) is 0 Å². The van der Waals surface area contributed by atoms with E-state index >= 15 is 0 Å². The van der Waals surface area contributed by atoms with Gasteiger partial charge >= 0.3 is 0 Å². The van der Waals surface area contributed by atoms with Crippen LogP contribution in [0.2, 0.25) is 0 Å². The minimum Gasteiger partial charge on any atom is -0.385 e. The molecule has 0 bridgehead atoms. The first-order valence-corrected chi connectivity index (χ1v) is 6.50. The Kier molecular flexibility index (Phi) is 5.49. The van der Waals surface area contributed by atoms with Crippen LogP contribution in [0.4, 0.5) is 5.69 Å². The normalized spacial score (nSPS) is 12.8. The van der Waals surface area contributed by atoms with Gasteiger partial charge in [-0.1, -0.05) is 19.9 Å². The molecule has 0 aliphatic carbocycles. The molecule has 2 heteroatoms. The zero-order valence-corrected chi connectivity index (χ0v) is 11.8. The molecule has 1 atom stereocenters. The molecular weight excluding hydrogens is 208 g/mol. The third kappa shape index (κ3) is 4.39. The van der Waals surface area contributed by atoms with Crippen molar-refractivity contribution in [3.8, 4) is 0 Å². The van der Waals surface area contributed by atoms with Gasteiger partial charge in [0, 0.05) is 12.2 Å². The Morgan fingerprint density at radius 2 is 1.76 bits per heavy atom. The van der Waals surface area contributed by atoms with Crippen LogP contribution in [-0.4, -0.2) is 20.1 Å². The van der Waals surface area contributed by atoms with Gasteiger partial charge in [-0.3, -0.25) is 0 Å². The Balaban J connectivity index is 2.56. The first-order chi connectivity index (χ1) is 8.04. The molecule has 17 heavy (non-hydrogen) atoms. The average molecular weight is 234 g/mol. The van der Waals surface area contributed by atoms with E-state index in [1.165, 1.54) is 16.8 Å². The maximum atomic E-state index is 3.54. The van der Waals surface area contributed by atoms with Gasteiger partial charge in [0.05, 0.1) is 0 Å². The maximum Gasteiger partial charge on any atom is 0.0343 e. The van der Waals surface area contributed by atoms with Crippen LogP contribution in [0.1, 0.15) is 25.0 Å². The summed E-state index contributed by atoms with van der Waals surface area (Å²) < 4.78 is 0. The summed E-state index contributed by atoms with van der Waals surface area (Å²) in [7, 11) is 2.02. The average Bonchev–Trinajstić information content (AvgIpc) is 2.28. The number of anilines is 1. The number of rotatable bonds is 6. The minimum absolute atomic E-state index is 0.668. The van der Waals surface area contributed by atoms with E-state index < -0.39 is 0 Å². The lowest BCUT2D eigenvalue weighted by molar-refractivity contribution is 0.390. The van der Waals surface area contributed by atoms with E-state index in [9.17, 15) is 0 Å². The third-order valence-electron chi connectivity index (χ3n) is 3.48. The molecule has 0 spiro atoms. The summed E-state index contributed by atoms with van der Waals surface area (Å²) in [4.78, 5) is 0. The van der Waals surface area contributed by atoms with E-state index in [1.807, 2.05) is 7.05 Å². The number of hydrogen-bond donors (Lipinski definition) is 2. The van der Waals surface area contributed by atoms with Crippen molar-refractivity contribution in [1.82, 2.24) is 5.32 Å². The van der Waals surface area contributed by atoms with Gasteiger partial charge in [0.25, 0.3) is 0 Å². The van der Waals surface area contributed by atoms with Crippen molar-refractivity contribution in [2.45, 2.75) is 27.7 Å². The molecule has 1 rings (SSSR count). The fourth-order valence-corrected chi connectivity index (χ4v) is 1.91. The van der Waals surface area contributed by atoms with Crippen LogP contribution >= 0.6 is 0 Å². The lowest BCUT2D eigenvalue weighted by atomic mass is 9.95. The summed E-state index contributed by atoms with van der Waals surface area (Å²) in [6, 6.07) is 6.57. The molecule has 1 aromatic carbocycles. The molecule has 0 aliphatic rings. The fourth-order valence-electron chi connectivity index (χ4n) is 1.91. The van der Waals surface area contributed by atoms with E-state index in [4.69, 9.17) is 0 Å². The molecule has 0 heterocycles. The predicted molar refractivity (Wildman–Crippen MR) is 76.7 cm³/mol. The van der Waals surface area contributed by atoms with Gasteiger partial charge in [-0.05, 0) is 62.5 Å². The zero-order chi connectivity index (χ0) is 12.8. The molecular formula is C15H26N2. The molecule has 2 nitrogen and oxygen atoms in total. The number of aryl methyl sites for hydroxylation is 2. The van der Waals surface area contributed by atoms with Crippen LogP contribution in [0.25, 0.3) is 0 Å². The largest absolute Gasteiger partial charge is 0.385 e. The quantitative estimate of drug-likeness (QED) is 0.790. The molecule has 0 saturated heterocycles. The van der Waals surface area contributed by atoms with E-state index in [-0.39, 0.29) is 0 Å². The fraction of sp³-hybridized carbons (Fsp3) is 0.600. The van der Waals surface area contributed by atoms with Gasteiger partial charge in [-0.25, -0.2) is 0 Å². The van der Waals surface area contributed by atoms with Gasteiger partial charge in [0.1, 0.15) is 0 Å². The Morgan fingerprint density at radius 3 is 2.29 bits per heavy atom. The number of hydrogen-bond acceptors (Lipinski definition) is 2. The Hall–Kier alpha value is -1.02. The van der Waals surface area contributed by atoms with E-state index in [0.717, 1.165) is 13.1 Å². The zero-order valence-electron chi connectivity index (χ0n) is 11.8. The van der Waals surface area contributed by atoms with Crippen LogP contribution in [0.15, 0.2) is 18.2 Å². The van der Waals surface area contributed by atoms with Gasteiger partial charge in [-0.15, -0.1) is 0 Å². The second kappa shape index (κ2) is 6.65. The van der Waals surface area contributed by atoms with Crippen LogP contribution in [0.5, 0.6) is 0 Å². The Bertz CT molecular complexity index is 345. The second-order valence-corrected chi connectivity index (χ2v) is 5.24. The molecule has 2 N–H and O–H groups in total. The maximum absolute atomic E-state index is 3.54. The molecule has 1 unspecified atom stereocenters. The van der Waals surface area contributed by atoms with E-state index in [2.05, 4.69) is 56.5 Å². The monoisotopic (exact) mass is 234 g/mol. The van der Waals surface area contributed by atoms with Gasteiger partial charge in [0.2, 0.25) is 0 Å². The SMILES string of the molecule is CNCC(CNc1ccc(C)c(C)c1)C(C)C. The van der Waals surface area contributed by atoms with Gasteiger partial charge in [0.15, 0.2) is 0 Å². The van der Waals surface area contributed by atoms with Crippen molar-refractivity contribution < 1.29 is 0 Å². The minimum atomic E-state index is 0.668. The highest BCUT2D eigenvalue weighted by Gasteiger charge is 2.11. The lowest BCUT2D eigenvalue weighted by Gasteiger charge is -2.21. The van der Waals surface area contributed by atoms with Crippen LogP contribution in [-0.2, 0) is 0 Å². The number of nitrogens with one attached hydrogen (secondary N) is 2. The van der Waals surface area contributed by atoms with Crippen molar-refractivity contribution >= 4 is 5.69 Å². The van der Waals surface area contributed by atoms with Crippen molar-refractivity contribution in [2.24, 2.45) is 11.8 Å². The summed E-state index contributed by atoms with van der Waals surface area (Å²) in [5, 5.41) is 6.80. The van der Waals surface area contributed by atoms with Gasteiger partial charge in [-0.2, -0.15) is 0 Å². The smallest absolute Gasteiger partial charge is 0.0343 e. The molecule has 0 aliphatic heterocycles. The molecule has 0 amide bonds. The molecule has 0 fully saturated rings. The standard InChI is InChI=1S/C15H26N2/c1-11(2)14(9-16-5)10-17-15-7-6-12(3)13(4)8-15/h6-8,11,14,16-17H,9-10H2,1-5H3. The lowest BCUT2D eigenvalue weighted by Crippen LogP contribution is -2.29. The number of benzene rings is 1. The molecule has 1 aromatic rings. The van der Waals surface area contributed by atoms with Crippen molar-refractivity contribution in [3.05, 3.63) is 29.3 Å². The first kappa shape index (κ1) is 14.0. The highest BCUT2D eigenvalue weighted by atomic mass is 14.9. The van der Waals surface area contributed by atoms with Gasteiger partial charge < -0.3 is 10.6 Å². The Labute approximate surface area is 106 Å². The second-order valence-electron chi connectivity index (χ2n) is 5.24. The van der Waals surface area contributed by atoms with Crippen LogP contribution in [0.3, 0.4) is 0 Å². The summed E-state index contributed by atoms with van der Waals surface area (Å²) >= 11 is 0.